The molecule has 2 aliphatic rings. The van der Waals surface area contributed by atoms with Gasteiger partial charge in [0.25, 0.3) is 0 Å². The van der Waals surface area contributed by atoms with Gasteiger partial charge in [0.1, 0.15) is 6.04 Å². The smallest absolute Gasteiger partial charge is 0.247 e. The molecule has 0 bridgehead atoms. The number of hydrogen-bond acceptors (Lipinski definition) is 2. The van der Waals surface area contributed by atoms with E-state index in [1.807, 2.05) is 0 Å². The van der Waals surface area contributed by atoms with Gasteiger partial charge in [-0.25, -0.2) is 0 Å². The van der Waals surface area contributed by atoms with E-state index in [-0.39, 0.29) is 17.9 Å². The number of hydrogen-bond donors (Lipinski definition) is 1. The Morgan fingerprint density at radius 1 is 1.55 bits per heavy atom. The van der Waals surface area contributed by atoms with Gasteiger partial charge in [-0.2, -0.15) is 0 Å². The van der Waals surface area contributed by atoms with Gasteiger partial charge >= 0.3 is 0 Å². The van der Waals surface area contributed by atoms with Crippen LogP contribution in [-0.4, -0.2) is 35.8 Å². The summed E-state index contributed by atoms with van der Waals surface area (Å²) in [6.07, 6.45) is 3.09. The maximum atomic E-state index is 11.1. The number of carbonyl (C=O) groups is 2. The third-order valence-electron chi connectivity index (χ3n) is 1.96. The van der Waals surface area contributed by atoms with Crippen LogP contribution < -0.4 is 5.32 Å². The summed E-state index contributed by atoms with van der Waals surface area (Å²) in [5.41, 5.74) is 0. The van der Waals surface area contributed by atoms with E-state index in [1.54, 1.807) is 11.0 Å². The van der Waals surface area contributed by atoms with Gasteiger partial charge in [-0.1, -0.05) is 0 Å². The van der Waals surface area contributed by atoms with E-state index in [0.717, 1.165) is 0 Å². The van der Waals surface area contributed by atoms with Crippen molar-refractivity contribution in [1.82, 2.24) is 10.2 Å². The quantitative estimate of drug-likeness (QED) is 0.478. The first-order valence-electron chi connectivity index (χ1n) is 3.55. The third kappa shape index (κ3) is 0.824. The van der Waals surface area contributed by atoms with Gasteiger partial charge in [0.15, 0.2) is 0 Å². The van der Waals surface area contributed by atoms with Crippen molar-refractivity contribution in [1.29, 1.82) is 0 Å². The van der Waals surface area contributed by atoms with E-state index >= 15 is 0 Å². The molecule has 0 aliphatic carbocycles. The maximum Gasteiger partial charge on any atom is 0.247 e. The second-order valence-corrected chi connectivity index (χ2v) is 2.63. The second kappa shape index (κ2) is 2.08. The molecule has 0 aromatic rings. The number of amides is 2. The molecule has 0 aromatic heterocycles. The van der Waals surface area contributed by atoms with Crippen LogP contribution in [0.5, 0.6) is 0 Å². The summed E-state index contributed by atoms with van der Waals surface area (Å²) in [6, 6.07) is -0.337. The summed E-state index contributed by atoms with van der Waals surface area (Å²) in [5.74, 6) is -0.122. The van der Waals surface area contributed by atoms with Crippen molar-refractivity contribution in [2.45, 2.75) is 6.04 Å². The molecule has 0 spiro atoms. The van der Waals surface area contributed by atoms with Gasteiger partial charge in [-0.05, 0) is 6.08 Å². The Hall–Kier alpha value is -1.32. The van der Waals surface area contributed by atoms with Crippen LogP contribution in [0.4, 0.5) is 0 Å². The predicted molar refractivity (Wildman–Crippen MR) is 37.7 cm³/mol. The molecule has 0 radical (unpaired) electrons. The second-order valence-electron chi connectivity index (χ2n) is 2.63. The fourth-order valence-corrected chi connectivity index (χ4v) is 1.39. The number of piperazine rings is 1. The lowest BCUT2D eigenvalue weighted by atomic mass is 10.2. The van der Waals surface area contributed by atoms with E-state index in [2.05, 4.69) is 5.32 Å². The third-order valence-corrected chi connectivity index (χ3v) is 1.96. The summed E-state index contributed by atoms with van der Waals surface area (Å²) in [4.78, 5) is 23.6. The monoisotopic (exact) mass is 152 g/mol. The lowest BCUT2D eigenvalue weighted by Gasteiger charge is -2.28. The van der Waals surface area contributed by atoms with Crippen molar-refractivity contribution in [3.05, 3.63) is 12.2 Å². The molecule has 2 amide bonds. The number of carbonyl (C=O) groups excluding carboxylic acids is 2. The minimum absolute atomic E-state index is 0.0511. The molecule has 1 saturated heterocycles. The SMILES string of the molecule is O=C1NCCN2C(=O)C=CC12. The zero-order chi connectivity index (χ0) is 7.84. The molecule has 2 rings (SSSR count). The fourth-order valence-electron chi connectivity index (χ4n) is 1.39. The van der Waals surface area contributed by atoms with Crippen LogP contribution in [-0.2, 0) is 9.59 Å². The molecule has 0 saturated carbocycles. The van der Waals surface area contributed by atoms with Crippen LogP contribution in [0.25, 0.3) is 0 Å². The highest BCUT2D eigenvalue weighted by molar-refractivity contribution is 5.99. The van der Waals surface area contributed by atoms with Gasteiger partial charge < -0.3 is 10.2 Å². The van der Waals surface area contributed by atoms with E-state index < -0.39 is 0 Å². The Morgan fingerprint density at radius 2 is 2.36 bits per heavy atom. The normalized spacial score (nSPS) is 28.7. The molecule has 2 heterocycles. The topological polar surface area (TPSA) is 49.4 Å². The summed E-state index contributed by atoms with van der Waals surface area (Å²) >= 11 is 0. The van der Waals surface area contributed by atoms with Crippen molar-refractivity contribution in [2.75, 3.05) is 13.1 Å². The van der Waals surface area contributed by atoms with Gasteiger partial charge in [0.2, 0.25) is 11.8 Å². The lowest BCUT2D eigenvalue weighted by molar-refractivity contribution is -0.136. The molecule has 2 aliphatic heterocycles. The average molecular weight is 152 g/mol. The first-order valence-corrected chi connectivity index (χ1v) is 3.55. The summed E-state index contributed by atoms with van der Waals surface area (Å²) in [7, 11) is 0. The van der Waals surface area contributed by atoms with Gasteiger partial charge in [0.05, 0.1) is 0 Å². The van der Waals surface area contributed by atoms with Crippen LogP contribution in [0, 0.1) is 0 Å². The van der Waals surface area contributed by atoms with E-state index in [9.17, 15) is 9.59 Å². The molecule has 1 fully saturated rings. The summed E-state index contributed by atoms with van der Waals surface area (Å²) < 4.78 is 0. The molecule has 1 N–H and O–H groups in total. The molecule has 1 unspecified atom stereocenters. The molecule has 58 valence electrons. The molecule has 1 atom stereocenters. The minimum Gasteiger partial charge on any atom is -0.352 e. The Bertz CT molecular complexity index is 247. The number of rotatable bonds is 0. The van der Waals surface area contributed by atoms with Crippen molar-refractivity contribution in [3.63, 3.8) is 0 Å². The first kappa shape index (κ1) is 6.39. The average Bonchev–Trinajstić information content (AvgIpc) is 2.35. The fraction of sp³-hybridized carbons (Fsp3) is 0.429. The molecular formula is C7H8N2O2. The zero-order valence-electron chi connectivity index (χ0n) is 5.91. The van der Waals surface area contributed by atoms with Gasteiger partial charge in [-0.3, -0.25) is 9.59 Å². The Morgan fingerprint density at radius 3 is 3.09 bits per heavy atom. The van der Waals surface area contributed by atoms with Gasteiger partial charge in [-0.15, -0.1) is 0 Å². The van der Waals surface area contributed by atoms with Crippen LogP contribution in [0.1, 0.15) is 0 Å². The first-order chi connectivity index (χ1) is 5.29. The predicted octanol–water partition coefficient (Wildman–Crippen LogP) is -1.12. The number of nitrogens with one attached hydrogen (secondary N) is 1. The lowest BCUT2D eigenvalue weighted by Crippen LogP contribution is -2.53. The number of nitrogens with zero attached hydrogens (tertiary/aromatic N) is 1. The van der Waals surface area contributed by atoms with Crippen molar-refractivity contribution < 1.29 is 9.59 Å². The molecule has 4 nitrogen and oxygen atoms in total. The number of fused-ring (bicyclic) bond motifs is 1. The zero-order valence-corrected chi connectivity index (χ0v) is 5.91. The van der Waals surface area contributed by atoms with Crippen LogP contribution in [0.3, 0.4) is 0 Å². The van der Waals surface area contributed by atoms with E-state index in [0.29, 0.717) is 13.1 Å². The highest BCUT2D eigenvalue weighted by Crippen LogP contribution is 2.12. The van der Waals surface area contributed by atoms with E-state index in [1.165, 1.54) is 6.08 Å². The standard InChI is InChI=1S/C7H8N2O2/c10-6-2-1-5-7(11)8-3-4-9(5)6/h1-2,5H,3-4H2,(H,8,11). The summed E-state index contributed by atoms with van der Waals surface area (Å²) in [5, 5.41) is 2.69. The van der Waals surface area contributed by atoms with Crippen LogP contribution in [0.15, 0.2) is 12.2 Å². The van der Waals surface area contributed by atoms with Crippen LogP contribution >= 0.6 is 0 Å². The molecule has 0 aromatic carbocycles. The Kier molecular flexibility index (Phi) is 1.21. The minimum atomic E-state index is -0.337. The summed E-state index contributed by atoms with van der Waals surface area (Å²) in [6.45, 7) is 1.20. The van der Waals surface area contributed by atoms with E-state index in [4.69, 9.17) is 0 Å². The highest BCUT2D eigenvalue weighted by atomic mass is 16.2. The highest BCUT2D eigenvalue weighted by Gasteiger charge is 2.33. The van der Waals surface area contributed by atoms with Crippen molar-refractivity contribution in [3.8, 4) is 0 Å². The Labute approximate surface area is 63.9 Å². The Balaban J connectivity index is 2.25. The maximum absolute atomic E-state index is 11.1. The molecule has 4 heteroatoms. The van der Waals surface area contributed by atoms with Crippen molar-refractivity contribution >= 4 is 11.8 Å². The van der Waals surface area contributed by atoms with Crippen LogP contribution in [0.2, 0.25) is 0 Å². The molecular weight excluding hydrogens is 144 g/mol. The van der Waals surface area contributed by atoms with Gasteiger partial charge in [0, 0.05) is 19.2 Å². The largest absolute Gasteiger partial charge is 0.352 e. The van der Waals surface area contributed by atoms with Crippen molar-refractivity contribution in [2.24, 2.45) is 0 Å². The molecule has 11 heavy (non-hydrogen) atoms.